The molecule has 2 N–H and O–H groups in total. The van der Waals surface area contributed by atoms with Gasteiger partial charge in [0.25, 0.3) is 0 Å². The van der Waals surface area contributed by atoms with E-state index in [1.165, 1.54) is 11.1 Å². The van der Waals surface area contributed by atoms with Gasteiger partial charge in [0.15, 0.2) is 5.96 Å². The van der Waals surface area contributed by atoms with Crippen LogP contribution in [0.25, 0.3) is 5.69 Å². The van der Waals surface area contributed by atoms with Crippen LogP contribution in [0.5, 0.6) is 0 Å². The summed E-state index contributed by atoms with van der Waals surface area (Å²) in [7, 11) is 3.75. The first-order chi connectivity index (χ1) is 13.0. The van der Waals surface area contributed by atoms with Crippen LogP contribution >= 0.6 is 0 Å². The molecule has 7 nitrogen and oxygen atoms in total. The lowest BCUT2D eigenvalue weighted by Gasteiger charge is -2.19. The van der Waals surface area contributed by atoms with E-state index in [1.54, 1.807) is 13.2 Å². The highest BCUT2D eigenvalue weighted by Crippen LogP contribution is 2.17. The van der Waals surface area contributed by atoms with E-state index in [-0.39, 0.29) is 6.04 Å². The number of hydrogen-bond donors (Lipinski definition) is 2. The minimum absolute atomic E-state index is 0.0998. The lowest BCUT2D eigenvalue weighted by Crippen LogP contribution is -2.38. The largest absolute Gasteiger partial charge is 0.352 e. The van der Waals surface area contributed by atoms with Gasteiger partial charge in [0.1, 0.15) is 0 Å². The fourth-order valence-electron chi connectivity index (χ4n) is 3.09. The molecule has 0 spiro atoms. The summed E-state index contributed by atoms with van der Waals surface area (Å²) in [6, 6.07) is 10.3. The molecule has 3 rings (SSSR count). The van der Waals surface area contributed by atoms with Gasteiger partial charge in [-0.3, -0.25) is 9.67 Å². The van der Waals surface area contributed by atoms with Gasteiger partial charge in [0, 0.05) is 44.3 Å². The zero-order chi connectivity index (χ0) is 19.4. The molecule has 1 atom stereocenters. The standard InChI is InChI=1S/C20H27N7/c1-14(17-8-6-9-18(12-17)27-11-7-10-23-27)24-20(21-4)22-13-19-15(2)25-26(5)16(19)3/h6-12,14H,13H2,1-5H3,(H2,21,22,24). The third-order valence-electron chi connectivity index (χ3n) is 4.81. The molecule has 7 heteroatoms. The Bertz CT molecular complexity index is 922. The Labute approximate surface area is 160 Å². The number of aryl methyl sites for hydroxylation is 2. The van der Waals surface area contributed by atoms with Gasteiger partial charge in [-0.15, -0.1) is 0 Å². The van der Waals surface area contributed by atoms with Crippen LogP contribution in [0.15, 0.2) is 47.7 Å². The summed E-state index contributed by atoms with van der Waals surface area (Å²) >= 11 is 0. The van der Waals surface area contributed by atoms with Gasteiger partial charge in [0.05, 0.1) is 17.4 Å². The summed E-state index contributed by atoms with van der Waals surface area (Å²) in [5, 5.41) is 15.6. The first-order valence-corrected chi connectivity index (χ1v) is 9.06. The first-order valence-electron chi connectivity index (χ1n) is 9.06. The zero-order valence-electron chi connectivity index (χ0n) is 16.6. The van der Waals surface area contributed by atoms with Gasteiger partial charge in [0.2, 0.25) is 0 Å². The topological polar surface area (TPSA) is 72.1 Å². The van der Waals surface area contributed by atoms with E-state index in [0.29, 0.717) is 6.54 Å². The highest BCUT2D eigenvalue weighted by molar-refractivity contribution is 5.80. The monoisotopic (exact) mass is 365 g/mol. The Hall–Kier alpha value is -3.09. The highest BCUT2D eigenvalue weighted by Gasteiger charge is 2.12. The summed E-state index contributed by atoms with van der Waals surface area (Å²) < 4.78 is 3.77. The molecule has 0 saturated carbocycles. The van der Waals surface area contributed by atoms with E-state index in [1.807, 2.05) is 47.7 Å². The first kappa shape index (κ1) is 18.7. The van der Waals surface area contributed by atoms with Gasteiger partial charge in [-0.1, -0.05) is 12.1 Å². The molecule has 2 heterocycles. The maximum Gasteiger partial charge on any atom is 0.191 e. The summed E-state index contributed by atoms with van der Waals surface area (Å²) in [6.45, 7) is 6.92. The molecule has 0 amide bonds. The number of nitrogens with one attached hydrogen (secondary N) is 2. The summed E-state index contributed by atoms with van der Waals surface area (Å²) in [5.41, 5.74) is 5.61. The average molecular weight is 365 g/mol. The van der Waals surface area contributed by atoms with Crippen molar-refractivity contribution in [3.8, 4) is 5.69 Å². The van der Waals surface area contributed by atoms with Crippen molar-refractivity contribution >= 4 is 5.96 Å². The minimum atomic E-state index is 0.0998. The molecule has 0 bridgehead atoms. The van der Waals surface area contributed by atoms with Crippen LogP contribution in [-0.4, -0.2) is 32.6 Å². The fraction of sp³-hybridized carbons (Fsp3) is 0.350. The van der Waals surface area contributed by atoms with Crippen LogP contribution in [0.2, 0.25) is 0 Å². The molecular weight excluding hydrogens is 338 g/mol. The number of nitrogens with zero attached hydrogens (tertiary/aromatic N) is 5. The Morgan fingerprint density at radius 2 is 2.07 bits per heavy atom. The molecule has 0 fully saturated rings. The van der Waals surface area contributed by atoms with E-state index in [0.717, 1.165) is 23.0 Å². The van der Waals surface area contributed by atoms with Crippen LogP contribution in [-0.2, 0) is 13.6 Å². The smallest absolute Gasteiger partial charge is 0.191 e. The van der Waals surface area contributed by atoms with E-state index < -0.39 is 0 Å². The van der Waals surface area contributed by atoms with E-state index >= 15 is 0 Å². The summed E-state index contributed by atoms with van der Waals surface area (Å²) in [4.78, 5) is 4.36. The van der Waals surface area contributed by atoms with Gasteiger partial charge >= 0.3 is 0 Å². The fourth-order valence-corrected chi connectivity index (χ4v) is 3.09. The van der Waals surface area contributed by atoms with Crippen molar-refractivity contribution in [2.45, 2.75) is 33.4 Å². The Morgan fingerprint density at radius 1 is 1.26 bits per heavy atom. The number of hydrogen-bond acceptors (Lipinski definition) is 3. The molecule has 1 aromatic carbocycles. The lowest BCUT2D eigenvalue weighted by atomic mass is 10.1. The molecular formula is C20H27N7. The molecule has 3 aromatic rings. The number of aromatic nitrogens is 4. The second-order valence-corrected chi connectivity index (χ2v) is 6.61. The molecule has 0 aliphatic rings. The van der Waals surface area contributed by atoms with Crippen LogP contribution in [0, 0.1) is 13.8 Å². The molecule has 142 valence electrons. The zero-order valence-corrected chi connectivity index (χ0v) is 16.6. The predicted molar refractivity (Wildman–Crippen MR) is 108 cm³/mol. The lowest BCUT2D eigenvalue weighted by molar-refractivity contribution is 0.682. The van der Waals surface area contributed by atoms with Crippen molar-refractivity contribution in [1.82, 2.24) is 30.2 Å². The van der Waals surface area contributed by atoms with Crippen molar-refractivity contribution in [1.29, 1.82) is 0 Å². The summed E-state index contributed by atoms with van der Waals surface area (Å²) in [6.07, 6.45) is 3.72. The molecule has 0 radical (unpaired) electrons. The van der Waals surface area contributed by atoms with Crippen molar-refractivity contribution in [2.75, 3.05) is 7.05 Å². The molecule has 27 heavy (non-hydrogen) atoms. The maximum atomic E-state index is 4.47. The number of aliphatic imine (C=N–C) groups is 1. The maximum absolute atomic E-state index is 4.47. The molecule has 2 aromatic heterocycles. The van der Waals surface area contributed by atoms with Crippen molar-refractivity contribution in [2.24, 2.45) is 12.0 Å². The van der Waals surface area contributed by atoms with Crippen LogP contribution in [0.1, 0.15) is 35.5 Å². The molecule has 0 aliphatic heterocycles. The van der Waals surface area contributed by atoms with Crippen LogP contribution in [0.3, 0.4) is 0 Å². The van der Waals surface area contributed by atoms with Crippen LogP contribution < -0.4 is 10.6 Å². The van der Waals surface area contributed by atoms with E-state index in [4.69, 9.17) is 0 Å². The predicted octanol–water partition coefficient (Wildman–Crippen LogP) is 2.65. The van der Waals surface area contributed by atoms with Crippen molar-refractivity contribution in [3.05, 3.63) is 65.2 Å². The van der Waals surface area contributed by atoms with Crippen molar-refractivity contribution < 1.29 is 0 Å². The third kappa shape index (κ3) is 4.19. The summed E-state index contributed by atoms with van der Waals surface area (Å²) in [5.74, 6) is 0.759. The normalized spacial score (nSPS) is 12.9. The Balaban J connectivity index is 1.67. The highest BCUT2D eigenvalue weighted by atomic mass is 15.3. The third-order valence-corrected chi connectivity index (χ3v) is 4.81. The van der Waals surface area contributed by atoms with Gasteiger partial charge < -0.3 is 10.6 Å². The quantitative estimate of drug-likeness (QED) is 0.539. The van der Waals surface area contributed by atoms with Crippen molar-refractivity contribution in [3.63, 3.8) is 0 Å². The number of guanidine groups is 1. The second-order valence-electron chi connectivity index (χ2n) is 6.61. The number of rotatable bonds is 5. The number of benzene rings is 1. The Kier molecular flexibility index (Phi) is 5.59. The van der Waals surface area contributed by atoms with Gasteiger partial charge in [-0.25, -0.2) is 4.68 Å². The van der Waals surface area contributed by atoms with Gasteiger partial charge in [-0.05, 0) is 44.5 Å². The minimum Gasteiger partial charge on any atom is -0.352 e. The molecule has 0 aliphatic carbocycles. The molecule has 0 saturated heterocycles. The van der Waals surface area contributed by atoms with Gasteiger partial charge in [-0.2, -0.15) is 10.2 Å². The SMILES string of the molecule is CN=C(NCc1c(C)nn(C)c1C)NC(C)c1cccc(-n2cccn2)c1. The van der Waals surface area contributed by atoms with E-state index in [2.05, 4.69) is 51.8 Å². The molecule has 1 unspecified atom stereocenters. The average Bonchev–Trinajstić information content (AvgIpc) is 3.28. The van der Waals surface area contributed by atoms with Crippen LogP contribution in [0.4, 0.5) is 0 Å². The Morgan fingerprint density at radius 3 is 2.70 bits per heavy atom. The van der Waals surface area contributed by atoms with E-state index in [9.17, 15) is 0 Å². The second kappa shape index (κ2) is 8.07.